The van der Waals surface area contributed by atoms with E-state index >= 15 is 0 Å². The lowest BCUT2D eigenvalue weighted by molar-refractivity contribution is 0.727. The molecule has 0 atom stereocenters. The summed E-state index contributed by atoms with van der Waals surface area (Å²) in [5, 5.41) is 7.52. The highest BCUT2D eigenvalue weighted by molar-refractivity contribution is 6.35. The molecule has 7 heteroatoms. The van der Waals surface area contributed by atoms with Crippen LogP contribution in [0.3, 0.4) is 0 Å². The van der Waals surface area contributed by atoms with E-state index in [-0.39, 0.29) is 5.02 Å². The molecule has 20 heavy (non-hydrogen) atoms. The third-order valence-electron chi connectivity index (χ3n) is 3.37. The van der Waals surface area contributed by atoms with Gasteiger partial charge in [-0.1, -0.05) is 34.8 Å². The maximum Gasteiger partial charge on any atom is 0.285 e. The Kier molecular flexibility index (Phi) is 3.63. The first kappa shape index (κ1) is 13.7. The average molecular weight is 331 g/mol. The van der Waals surface area contributed by atoms with Gasteiger partial charge in [-0.05, 0) is 29.7 Å². The Morgan fingerprint density at radius 2 is 2.05 bits per heavy atom. The predicted molar refractivity (Wildman–Crippen MR) is 81.1 cm³/mol. The predicted octanol–water partition coefficient (Wildman–Crippen LogP) is 3.29. The number of hydrogen-bond donors (Lipinski definition) is 1. The third-order valence-corrected chi connectivity index (χ3v) is 4.29. The molecule has 104 valence electrons. The molecule has 0 fully saturated rings. The van der Waals surface area contributed by atoms with Gasteiger partial charge in [0, 0.05) is 23.1 Å². The van der Waals surface area contributed by atoms with Gasteiger partial charge in [-0.2, -0.15) is 5.10 Å². The van der Waals surface area contributed by atoms with Crippen LogP contribution in [-0.4, -0.2) is 16.7 Å². The average Bonchev–Trinajstić information content (AvgIpc) is 2.41. The van der Waals surface area contributed by atoms with E-state index in [9.17, 15) is 4.79 Å². The molecule has 0 saturated heterocycles. The summed E-state index contributed by atoms with van der Waals surface area (Å²) in [6, 6.07) is 3.65. The number of nitrogens with one attached hydrogen (secondary N) is 1. The van der Waals surface area contributed by atoms with Crippen LogP contribution in [0.4, 0.5) is 5.69 Å². The van der Waals surface area contributed by atoms with E-state index in [2.05, 4.69) is 10.2 Å². The van der Waals surface area contributed by atoms with E-state index in [1.807, 2.05) is 11.0 Å². The maximum atomic E-state index is 11.5. The number of anilines is 1. The summed E-state index contributed by atoms with van der Waals surface area (Å²) in [5.74, 6) is 0. The Hall–Kier alpha value is -1.23. The molecular formula is C13H10Cl3N3O. The van der Waals surface area contributed by atoms with Crippen LogP contribution in [0.2, 0.25) is 15.1 Å². The van der Waals surface area contributed by atoms with Crippen molar-refractivity contribution in [1.82, 2.24) is 10.2 Å². The van der Waals surface area contributed by atoms with Gasteiger partial charge in [0.2, 0.25) is 0 Å². The molecule has 1 aliphatic rings. The minimum atomic E-state index is -0.392. The molecule has 2 heterocycles. The molecule has 0 bridgehead atoms. The van der Waals surface area contributed by atoms with E-state index in [1.54, 1.807) is 12.3 Å². The van der Waals surface area contributed by atoms with Crippen LogP contribution in [0.1, 0.15) is 11.1 Å². The fourth-order valence-corrected chi connectivity index (χ4v) is 3.19. The number of aromatic amines is 1. The minimum Gasteiger partial charge on any atom is -0.364 e. The first-order chi connectivity index (χ1) is 9.56. The molecule has 3 rings (SSSR count). The van der Waals surface area contributed by atoms with Gasteiger partial charge in [-0.25, -0.2) is 5.10 Å². The first-order valence-electron chi connectivity index (χ1n) is 6.01. The van der Waals surface area contributed by atoms with E-state index in [4.69, 9.17) is 34.8 Å². The summed E-state index contributed by atoms with van der Waals surface area (Å²) in [6.45, 7) is 1.31. The van der Waals surface area contributed by atoms with Crippen LogP contribution in [-0.2, 0) is 13.0 Å². The molecule has 0 amide bonds. The van der Waals surface area contributed by atoms with Gasteiger partial charge in [0.1, 0.15) is 5.02 Å². The van der Waals surface area contributed by atoms with Crippen molar-refractivity contribution in [2.24, 2.45) is 0 Å². The summed E-state index contributed by atoms with van der Waals surface area (Å²) in [5.41, 5.74) is 2.37. The zero-order valence-corrected chi connectivity index (χ0v) is 12.6. The normalized spacial score (nSPS) is 14.2. The largest absolute Gasteiger partial charge is 0.364 e. The van der Waals surface area contributed by atoms with E-state index in [1.165, 1.54) is 0 Å². The van der Waals surface area contributed by atoms with Gasteiger partial charge in [0.05, 0.1) is 11.9 Å². The number of nitrogens with zero attached hydrogens (tertiary/aromatic N) is 2. The molecule has 1 N–H and O–H groups in total. The molecule has 0 spiro atoms. The van der Waals surface area contributed by atoms with Crippen molar-refractivity contribution in [2.75, 3.05) is 11.4 Å². The minimum absolute atomic E-state index is 0.147. The summed E-state index contributed by atoms with van der Waals surface area (Å²) in [6.07, 6.45) is 2.34. The number of hydrogen-bond acceptors (Lipinski definition) is 3. The summed E-state index contributed by atoms with van der Waals surface area (Å²) < 4.78 is 0. The standard InChI is InChI=1S/C13H10Cl3N3O/c14-8-3-7-1-2-19(6-9(7)10(15)4-8)11-5-17-18-13(20)12(11)16/h3-5H,1-2,6H2,(H,18,20). The number of H-pyrrole nitrogens is 1. The highest BCUT2D eigenvalue weighted by atomic mass is 35.5. The highest BCUT2D eigenvalue weighted by Crippen LogP contribution is 2.33. The van der Waals surface area contributed by atoms with Gasteiger partial charge >= 0.3 is 0 Å². The maximum absolute atomic E-state index is 11.5. The highest BCUT2D eigenvalue weighted by Gasteiger charge is 2.22. The second kappa shape index (κ2) is 5.28. The van der Waals surface area contributed by atoms with Crippen molar-refractivity contribution in [2.45, 2.75) is 13.0 Å². The Bertz CT molecular complexity index is 729. The Labute approximate surface area is 130 Å². The first-order valence-corrected chi connectivity index (χ1v) is 7.14. The molecule has 2 aromatic rings. The summed E-state index contributed by atoms with van der Waals surface area (Å²) >= 11 is 18.3. The second-order valence-electron chi connectivity index (χ2n) is 4.60. The van der Waals surface area contributed by atoms with Crippen LogP contribution >= 0.6 is 34.8 Å². The molecule has 1 aliphatic heterocycles. The molecule has 0 aliphatic carbocycles. The van der Waals surface area contributed by atoms with Gasteiger partial charge in [0.15, 0.2) is 0 Å². The van der Waals surface area contributed by atoms with Gasteiger partial charge in [0.25, 0.3) is 5.56 Å². The molecule has 0 radical (unpaired) electrons. The van der Waals surface area contributed by atoms with E-state index < -0.39 is 5.56 Å². The molecule has 4 nitrogen and oxygen atoms in total. The lowest BCUT2D eigenvalue weighted by atomic mass is 9.99. The smallest absolute Gasteiger partial charge is 0.285 e. The van der Waals surface area contributed by atoms with Gasteiger partial charge < -0.3 is 4.90 Å². The molecule has 1 aromatic heterocycles. The number of rotatable bonds is 1. The topological polar surface area (TPSA) is 49.0 Å². The molecule has 0 unspecified atom stereocenters. The number of aromatic nitrogens is 2. The lowest BCUT2D eigenvalue weighted by Gasteiger charge is -2.31. The monoisotopic (exact) mass is 329 g/mol. The number of halogens is 3. The van der Waals surface area contributed by atoms with Gasteiger partial charge in [-0.3, -0.25) is 4.79 Å². The van der Waals surface area contributed by atoms with Crippen molar-refractivity contribution < 1.29 is 0 Å². The Morgan fingerprint density at radius 1 is 1.25 bits per heavy atom. The number of fused-ring (bicyclic) bond motifs is 1. The quantitative estimate of drug-likeness (QED) is 0.873. The Balaban J connectivity index is 2.00. The van der Waals surface area contributed by atoms with Crippen LogP contribution in [0.15, 0.2) is 23.1 Å². The van der Waals surface area contributed by atoms with Crippen molar-refractivity contribution in [3.8, 4) is 0 Å². The van der Waals surface area contributed by atoms with Gasteiger partial charge in [-0.15, -0.1) is 0 Å². The van der Waals surface area contributed by atoms with Crippen molar-refractivity contribution >= 4 is 40.5 Å². The second-order valence-corrected chi connectivity index (χ2v) is 5.82. The zero-order chi connectivity index (χ0) is 14.3. The zero-order valence-electron chi connectivity index (χ0n) is 10.3. The SMILES string of the molecule is O=c1[nH]ncc(N2CCc3cc(Cl)cc(Cl)c3C2)c1Cl. The fraction of sp³-hybridized carbons (Fsp3) is 0.231. The summed E-state index contributed by atoms with van der Waals surface area (Å²) in [4.78, 5) is 13.5. The van der Waals surface area contributed by atoms with Crippen LogP contribution in [0.5, 0.6) is 0 Å². The summed E-state index contributed by atoms with van der Waals surface area (Å²) in [7, 11) is 0. The third kappa shape index (κ3) is 2.39. The van der Waals surface area contributed by atoms with Crippen LogP contribution < -0.4 is 10.5 Å². The van der Waals surface area contributed by atoms with Crippen molar-refractivity contribution in [3.63, 3.8) is 0 Å². The van der Waals surface area contributed by atoms with Crippen molar-refractivity contribution in [3.05, 3.63) is 54.9 Å². The molecular weight excluding hydrogens is 321 g/mol. The van der Waals surface area contributed by atoms with Crippen molar-refractivity contribution in [1.29, 1.82) is 0 Å². The Morgan fingerprint density at radius 3 is 2.85 bits per heavy atom. The van der Waals surface area contributed by atoms with Crippen LogP contribution in [0, 0.1) is 0 Å². The molecule has 0 saturated carbocycles. The van der Waals surface area contributed by atoms with Crippen LogP contribution in [0.25, 0.3) is 0 Å². The van der Waals surface area contributed by atoms with E-state index in [0.717, 1.165) is 24.1 Å². The van der Waals surface area contributed by atoms with E-state index in [0.29, 0.717) is 22.3 Å². The lowest BCUT2D eigenvalue weighted by Crippen LogP contribution is -2.32. The number of benzene rings is 1. The fourth-order valence-electron chi connectivity index (χ4n) is 2.38. The molecule has 1 aromatic carbocycles.